The number of nitrogens with one attached hydrogen (secondary N) is 1. The molecule has 2 aromatic rings. The van der Waals surface area contributed by atoms with Crippen LogP contribution in [-0.4, -0.2) is 9.97 Å². The number of pyridine rings is 1. The quantitative estimate of drug-likeness (QED) is 0.850. The van der Waals surface area contributed by atoms with E-state index in [9.17, 15) is 4.39 Å². The summed E-state index contributed by atoms with van der Waals surface area (Å²) in [6.07, 6.45) is 0. The van der Waals surface area contributed by atoms with Gasteiger partial charge in [-0.15, -0.1) is 11.3 Å². The molecular weight excluding hydrogens is 249 g/mol. The van der Waals surface area contributed by atoms with Gasteiger partial charge in [-0.2, -0.15) is 4.39 Å². The van der Waals surface area contributed by atoms with Crippen LogP contribution in [0.15, 0.2) is 23.6 Å². The summed E-state index contributed by atoms with van der Waals surface area (Å²) in [7, 11) is 0. The van der Waals surface area contributed by atoms with Crippen LogP contribution in [0.2, 0.25) is 0 Å². The first-order valence-corrected chi connectivity index (χ1v) is 6.78. The average molecular weight is 265 g/mol. The number of anilines is 1. The van der Waals surface area contributed by atoms with E-state index in [4.69, 9.17) is 0 Å². The molecule has 0 saturated heterocycles. The molecule has 3 nitrogen and oxygen atoms in total. The fourth-order valence-electron chi connectivity index (χ4n) is 1.55. The Labute approximate surface area is 110 Å². The molecular formula is C13H16FN3S. The van der Waals surface area contributed by atoms with E-state index < -0.39 is 5.95 Å². The second-order valence-electron chi connectivity index (χ2n) is 4.48. The lowest BCUT2D eigenvalue weighted by Gasteiger charge is -2.12. The fraction of sp³-hybridized carbons (Fsp3) is 0.385. The van der Waals surface area contributed by atoms with Crippen LogP contribution in [0.4, 0.5) is 10.2 Å². The highest BCUT2D eigenvalue weighted by Gasteiger charge is 2.12. The van der Waals surface area contributed by atoms with Gasteiger partial charge in [0.25, 0.3) is 0 Å². The Balaban J connectivity index is 2.09. The van der Waals surface area contributed by atoms with Crippen LogP contribution in [0.5, 0.6) is 0 Å². The molecule has 0 saturated carbocycles. The van der Waals surface area contributed by atoms with Gasteiger partial charge in [0.05, 0.1) is 16.7 Å². The van der Waals surface area contributed by atoms with E-state index in [1.54, 1.807) is 23.5 Å². The van der Waals surface area contributed by atoms with Gasteiger partial charge < -0.3 is 5.32 Å². The average Bonchev–Trinajstić information content (AvgIpc) is 2.78. The van der Waals surface area contributed by atoms with Crippen molar-refractivity contribution in [1.82, 2.24) is 9.97 Å². The van der Waals surface area contributed by atoms with Crippen LogP contribution in [0.1, 0.15) is 43.4 Å². The molecule has 0 fully saturated rings. The van der Waals surface area contributed by atoms with Gasteiger partial charge in [0, 0.05) is 11.3 Å². The van der Waals surface area contributed by atoms with Crippen molar-refractivity contribution in [2.75, 3.05) is 5.32 Å². The van der Waals surface area contributed by atoms with Crippen molar-refractivity contribution in [3.8, 4) is 0 Å². The van der Waals surface area contributed by atoms with Crippen molar-refractivity contribution < 1.29 is 4.39 Å². The maximum Gasteiger partial charge on any atom is 0.214 e. The summed E-state index contributed by atoms with van der Waals surface area (Å²) in [5.41, 5.74) is 0.967. The van der Waals surface area contributed by atoms with Gasteiger partial charge >= 0.3 is 0 Å². The minimum Gasteiger partial charge on any atom is -0.362 e. The molecule has 2 heterocycles. The molecule has 2 rings (SSSR count). The molecule has 96 valence electrons. The number of thiazole rings is 1. The lowest BCUT2D eigenvalue weighted by molar-refractivity contribution is 0.584. The molecule has 1 N–H and O–H groups in total. The summed E-state index contributed by atoms with van der Waals surface area (Å²) in [6, 6.07) is 4.73. The van der Waals surface area contributed by atoms with E-state index in [1.165, 1.54) is 6.07 Å². The number of halogens is 1. The maximum atomic E-state index is 13.0. The van der Waals surface area contributed by atoms with Crippen molar-refractivity contribution in [2.24, 2.45) is 0 Å². The van der Waals surface area contributed by atoms with Crippen molar-refractivity contribution in [3.63, 3.8) is 0 Å². The van der Waals surface area contributed by atoms with Crippen LogP contribution >= 0.6 is 11.3 Å². The molecule has 1 atom stereocenters. The van der Waals surface area contributed by atoms with E-state index in [-0.39, 0.29) is 6.04 Å². The van der Waals surface area contributed by atoms with Crippen LogP contribution < -0.4 is 5.32 Å². The molecule has 5 heteroatoms. The molecule has 0 bridgehead atoms. The third-order valence-electron chi connectivity index (χ3n) is 2.56. The van der Waals surface area contributed by atoms with Crippen molar-refractivity contribution in [1.29, 1.82) is 0 Å². The van der Waals surface area contributed by atoms with Gasteiger partial charge in [0.2, 0.25) is 5.95 Å². The number of nitrogens with zero attached hydrogens (tertiary/aromatic N) is 2. The molecule has 0 spiro atoms. The van der Waals surface area contributed by atoms with Gasteiger partial charge in [0.1, 0.15) is 5.82 Å². The summed E-state index contributed by atoms with van der Waals surface area (Å²) in [5.74, 6) is 0.484. The Morgan fingerprint density at radius 1 is 1.22 bits per heavy atom. The first-order valence-electron chi connectivity index (χ1n) is 5.90. The fourth-order valence-corrected chi connectivity index (χ4v) is 2.48. The Morgan fingerprint density at radius 3 is 2.61 bits per heavy atom. The topological polar surface area (TPSA) is 37.8 Å². The van der Waals surface area contributed by atoms with Crippen LogP contribution in [-0.2, 0) is 0 Å². The molecule has 0 aliphatic carbocycles. The molecule has 1 unspecified atom stereocenters. The molecule has 0 radical (unpaired) electrons. The Bertz CT molecular complexity index is 524. The molecule has 18 heavy (non-hydrogen) atoms. The monoisotopic (exact) mass is 265 g/mol. The number of hydrogen-bond donors (Lipinski definition) is 1. The maximum absolute atomic E-state index is 13.0. The largest absolute Gasteiger partial charge is 0.362 e. The minimum absolute atomic E-state index is 0.0167. The molecule has 0 aliphatic rings. The smallest absolute Gasteiger partial charge is 0.214 e. The van der Waals surface area contributed by atoms with E-state index in [0.29, 0.717) is 11.7 Å². The van der Waals surface area contributed by atoms with Crippen LogP contribution in [0.25, 0.3) is 0 Å². The van der Waals surface area contributed by atoms with Gasteiger partial charge in [0.15, 0.2) is 0 Å². The Morgan fingerprint density at radius 2 is 2.00 bits per heavy atom. The third-order valence-corrected chi connectivity index (χ3v) is 3.72. The zero-order valence-corrected chi connectivity index (χ0v) is 11.5. The van der Waals surface area contributed by atoms with Gasteiger partial charge in [-0.3, -0.25) is 0 Å². The van der Waals surface area contributed by atoms with Gasteiger partial charge in [-0.1, -0.05) is 19.9 Å². The van der Waals surface area contributed by atoms with E-state index >= 15 is 0 Å². The molecule has 0 aromatic carbocycles. The Hall–Kier alpha value is -1.49. The highest BCUT2D eigenvalue weighted by atomic mass is 32.1. The second-order valence-corrected chi connectivity index (χ2v) is 5.37. The highest BCUT2D eigenvalue weighted by molar-refractivity contribution is 7.09. The summed E-state index contributed by atoms with van der Waals surface area (Å²) in [5, 5.41) is 6.29. The Kier molecular flexibility index (Phi) is 3.91. The first-order chi connectivity index (χ1) is 8.56. The van der Waals surface area contributed by atoms with Crippen molar-refractivity contribution >= 4 is 17.2 Å². The number of aromatic nitrogens is 2. The molecule has 2 aromatic heterocycles. The summed E-state index contributed by atoms with van der Waals surface area (Å²) < 4.78 is 13.0. The van der Waals surface area contributed by atoms with Crippen LogP contribution in [0, 0.1) is 5.95 Å². The van der Waals surface area contributed by atoms with Crippen molar-refractivity contribution in [2.45, 2.75) is 32.7 Å². The summed E-state index contributed by atoms with van der Waals surface area (Å²) in [4.78, 5) is 8.34. The second kappa shape index (κ2) is 5.44. The SMILES string of the molecule is CC(C)c1nc(C(C)Nc2cccc(F)n2)cs1. The lowest BCUT2D eigenvalue weighted by Crippen LogP contribution is -2.09. The number of rotatable bonds is 4. The van der Waals surface area contributed by atoms with E-state index in [2.05, 4.69) is 29.1 Å². The predicted octanol–water partition coefficient (Wildman–Crippen LogP) is 3.97. The zero-order valence-electron chi connectivity index (χ0n) is 10.6. The molecule has 0 aliphatic heterocycles. The van der Waals surface area contributed by atoms with Crippen LogP contribution in [0.3, 0.4) is 0 Å². The van der Waals surface area contributed by atoms with E-state index in [1.807, 2.05) is 12.3 Å². The first kappa shape index (κ1) is 13.0. The minimum atomic E-state index is -0.478. The van der Waals surface area contributed by atoms with E-state index in [0.717, 1.165) is 10.7 Å². The predicted molar refractivity (Wildman–Crippen MR) is 72.4 cm³/mol. The third kappa shape index (κ3) is 3.04. The summed E-state index contributed by atoms with van der Waals surface area (Å²) in [6.45, 7) is 6.23. The standard InChI is InChI=1S/C13H16FN3S/c1-8(2)13-16-10(7-18-13)9(3)15-12-6-4-5-11(14)17-12/h4-9H,1-3H3,(H,15,17). The molecule has 0 amide bonds. The summed E-state index contributed by atoms with van der Waals surface area (Å²) >= 11 is 1.65. The van der Waals surface area contributed by atoms with Gasteiger partial charge in [-0.25, -0.2) is 9.97 Å². The number of hydrogen-bond acceptors (Lipinski definition) is 4. The normalized spacial score (nSPS) is 12.7. The highest BCUT2D eigenvalue weighted by Crippen LogP contribution is 2.24. The lowest BCUT2D eigenvalue weighted by atomic mass is 10.2. The van der Waals surface area contributed by atoms with Gasteiger partial charge in [-0.05, 0) is 19.1 Å². The van der Waals surface area contributed by atoms with Crippen molar-refractivity contribution in [3.05, 3.63) is 40.2 Å². The zero-order chi connectivity index (χ0) is 13.1.